The molecule has 0 amide bonds. The molecule has 1 atom stereocenters. The van der Waals surface area contributed by atoms with Gasteiger partial charge in [0.25, 0.3) is 0 Å². The smallest absolute Gasteiger partial charge is 0.200 e. The molecule has 0 bridgehead atoms. The quantitative estimate of drug-likeness (QED) is 0.258. The van der Waals surface area contributed by atoms with Crippen LogP contribution in [0.3, 0.4) is 0 Å². The van der Waals surface area contributed by atoms with Crippen LogP contribution in [0.2, 0.25) is 0 Å². The minimum Gasteiger partial charge on any atom is -0.394 e. The van der Waals surface area contributed by atoms with Gasteiger partial charge in [-0.15, -0.1) is 0 Å². The summed E-state index contributed by atoms with van der Waals surface area (Å²) in [5, 5.41) is 12.1. The standard InChI is InChI=1S/C18H14F5NO2/c1-9(7-24-11(8-25)10-5-3-2-4-6-10)18(26)12-13(19)15(21)17(23)16(22)14(12)20/h2-6,11,24-25H,1,7-8H2/t11-/m0/s1. The first-order valence-corrected chi connectivity index (χ1v) is 7.42. The number of carbonyl (C=O) groups is 1. The normalized spacial score (nSPS) is 12.1. The molecule has 3 nitrogen and oxygen atoms in total. The second-order valence-corrected chi connectivity index (χ2v) is 5.40. The Bertz CT molecular complexity index is 810. The highest BCUT2D eigenvalue weighted by Crippen LogP contribution is 2.25. The first kappa shape index (κ1) is 19.7. The van der Waals surface area contributed by atoms with E-state index in [1.165, 1.54) is 0 Å². The number of halogens is 5. The molecular weight excluding hydrogens is 357 g/mol. The van der Waals surface area contributed by atoms with E-state index in [9.17, 15) is 31.9 Å². The SMILES string of the molecule is C=C(CN[C@@H](CO)c1ccccc1)C(=O)c1c(F)c(F)c(F)c(F)c1F. The maximum absolute atomic E-state index is 13.7. The van der Waals surface area contributed by atoms with Gasteiger partial charge in [-0.1, -0.05) is 36.9 Å². The molecule has 0 unspecified atom stereocenters. The van der Waals surface area contributed by atoms with Crippen LogP contribution in [-0.4, -0.2) is 24.0 Å². The van der Waals surface area contributed by atoms with Crippen LogP contribution in [0.25, 0.3) is 0 Å². The molecule has 0 spiro atoms. The van der Waals surface area contributed by atoms with Gasteiger partial charge in [0, 0.05) is 12.1 Å². The molecule has 0 aliphatic heterocycles. The second-order valence-electron chi connectivity index (χ2n) is 5.40. The molecule has 2 aromatic carbocycles. The highest BCUT2D eigenvalue weighted by Gasteiger charge is 2.30. The van der Waals surface area contributed by atoms with Crippen LogP contribution < -0.4 is 5.32 Å². The van der Waals surface area contributed by atoms with Crippen LogP contribution in [0.4, 0.5) is 22.0 Å². The van der Waals surface area contributed by atoms with Crippen LogP contribution in [0.5, 0.6) is 0 Å². The molecule has 0 aliphatic rings. The highest BCUT2D eigenvalue weighted by atomic mass is 19.2. The third-order valence-corrected chi connectivity index (χ3v) is 3.70. The van der Waals surface area contributed by atoms with Gasteiger partial charge in [-0.2, -0.15) is 0 Å². The van der Waals surface area contributed by atoms with E-state index in [1.54, 1.807) is 30.3 Å². The van der Waals surface area contributed by atoms with E-state index in [-0.39, 0.29) is 13.2 Å². The minimum atomic E-state index is -2.34. The van der Waals surface area contributed by atoms with Gasteiger partial charge in [0.1, 0.15) is 0 Å². The van der Waals surface area contributed by atoms with Gasteiger partial charge in [0.05, 0.1) is 18.2 Å². The van der Waals surface area contributed by atoms with Crippen molar-refractivity contribution in [2.45, 2.75) is 6.04 Å². The number of Topliss-reactive ketones (excluding diaryl/α,β-unsaturated/α-hetero) is 1. The maximum atomic E-state index is 13.7. The number of ketones is 1. The summed E-state index contributed by atoms with van der Waals surface area (Å²) in [7, 11) is 0. The Morgan fingerprint density at radius 1 is 0.962 bits per heavy atom. The zero-order valence-corrected chi connectivity index (χ0v) is 13.3. The number of benzene rings is 2. The summed E-state index contributed by atoms with van der Waals surface area (Å²) in [6.45, 7) is 2.64. The molecule has 2 N–H and O–H groups in total. The minimum absolute atomic E-state index is 0.335. The molecule has 138 valence electrons. The lowest BCUT2D eigenvalue weighted by Gasteiger charge is -2.17. The number of hydrogen-bond donors (Lipinski definition) is 2. The van der Waals surface area contributed by atoms with Crippen molar-refractivity contribution in [3.8, 4) is 0 Å². The Morgan fingerprint density at radius 2 is 1.46 bits per heavy atom. The fraction of sp³-hybridized carbons (Fsp3) is 0.167. The summed E-state index contributed by atoms with van der Waals surface area (Å²) >= 11 is 0. The lowest BCUT2D eigenvalue weighted by atomic mass is 10.0. The Kier molecular flexibility index (Phi) is 6.23. The van der Waals surface area contributed by atoms with Gasteiger partial charge in [-0.25, -0.2) is 22.0 Å². The van der Waals surface area contributed by atoms with Gasteiger partial charge in [-0.3, -0.25) is 4.79 Å². The Morgan fingerprint density at radius 3 is 1.96 bits per heavy atom. The third-order valence-electron chi connectivity index (χ3n) is 3.70. The maximum Gasteiger partial charge on any atom is 0.200 e. The third kappa shape index (κ3) is 3.81. The fourth-order valence-electron chi connectivity index (χ4n) is 2.28. The van der Waals surface area contributed by atoms with E-state index in [0.29, 0.717) is 5.56 Å². The molecule has 0 heterocycles. The Balaban J connectivity index is 2.20. The lowest BCUT2D eigenvalue weighted by Crippen LogP contribution is -2.28. The number of aliphatic hydroxyl groups is 1. The molecule has 0 aromatic heterocycles. The van der Waals surface area contributed by atoms with Gasteiger partial charge >= 0.3 is 0 Å². The molecule has 0 fully saturated rings. The summed E-state index contributed by atoms with van der Waals surface area (Å²) in [4.78, 5) is 12.1. The number of nitrogens with one attached hydrogen (secondary N) is 1. The Hall–Kier alpha value is -2.58. The topological polar surface area (TPSA) is 49.3 Å². The fourth-order valence-corrected chi connectivity index (χ4v) is 2.28. The van der Waals surface area contributed by atoms with Crippen molar-refractivity contribution in [2.75, 3.05) is 13.2 Å². The van der Waals surface area contributed by atoms with Crippen LogP contribution in [0, 0.1) is 29.1 Å². The second kappa shape index (κ2) is 8.20. The van der Waals surface area contributed by atoms with Crippen molar-refractivity contribution < 1.29 is 31.9 Å². The van der Waals surface area contributed by atoms with Crippen LogP contribution >= 0.6 is 0 Å². The van der Waals surface area contributed by atoms with Crippen LogP contribution in [0.15, 0.2) is 42.5 Å². The summed E-state index contributed by atoms with van der Waals surface area (Å²) in [6, 6.07) is 7.97. The van der Waals surface area contributed by atoms with Crippen molar-refractivity contribution in [1.29, 1.82) is 0 Å². The number of aliphatic hydroxyl groups excluding tert-OH is 1. The average molecular weight is 371 g/mol. The van der Waals surface area contributed by atoms with Crippen molar-refractivity contribution in [3.63, 3.8) is 0 Å². The number of rotatable bonds is 7. The first-order chi connectivity index (χ1) is 12.3. The summed E-state index contributed by atoms with van der Waals surface area (Å²) in [6.07, 6.45) is 0. The monoisotopic (exact) mass is 371 g/mol. The van der Waals surface area contributed by atoms with E-state index in [4.69, 9.17) is 0 Å². The zero-order valence-electron chi connectivity index (χ0n) is 13.3. The lowest BCUT2D eigenvalue weighted by molar-refractivity contribution is 0.102. The van der Waals surface area contributed by atoms with E-state index in [1.807, 2.05) is 0 Å². The molecule has 0 saturated heterocycles. The average Bonchev–Trinajstić information content (AvgIpc) is 2.66. The largest absolute Gasteiger partial charge is 0.394 e. The van der Waals surface area contributed by atoms with Crippen LogP contribution in [-0.2, 0) is 0 Å². The molecule has 0 radical (unpaired) electrons. The zero-order chi connectivity index (χ0) is 19.4. The summed E-state index contributed by atoms with van der Waals surface area (Å²) < 4.78 is 66.9. The van der Waals surface area contributed by atoms with Gasteiger partial charge in [0.15, 0.2) is 29.1 Å². The van der Waals surface area contributed by atoms with Gasteiger partial charge in [-0.05, 0) is 5.56 Å². The van der Waals surface area contributed by atoms with E-state index >= 15 is 0 Å². The molecule has 2 rings (SSSR count). The predicted molar refractivity (Wildman–Crippen MR) is 84.0 cm³/mol. The highest BCUT2D eigenvalue weighted by molar-refractivity contribution is 6.09. The van der Waals surface area contributed by atoms with E-state index < -0.39 is 52.0 Å². The van der Waals surface area contributed by atoms with Crippen molar-refractivity contribution >= 4 is 5.78 Å². The first-order valence-electron chi connectivity index (χ1n) is 7.42. The van der Waals surface area contributed by atoms with Crippen molar-refractivity contribution in [1.82, 2.24) is 5.32 Å². The summed E-state index contributed by atoms with van der Waals surface area (Å²) in [5.74, 6) is -12.6. The molecule has 8 heteroatoms. The molecular formula is C18H14F5NO2. The van der Waals surface area contributed by atoms with Gasteiger partial charge in [0.2, 0.25) is 5.82 Å². The van der Waals surface area contributed by atoms with Crippen molar-refractivity contribution in [2.24, 2.45) is 0 Å². The molecule has 0 aliphatic carbocycles. The van der Waals surface area contributed by atoms with E-state index in [0.717, 1.165) is 0 Å². The number of hydrogen-bond acceptors (Lipinski definition) is 3. The van der Waals surface area contributed by atoms with Crippen LogP contribution in [0.1, 0.15) is 22.0 Å². The molecule has 26 heavy (non-hydrogen) atoms. The molecule has 0 saturated carbocycles. The Labute approximate surface area is 145 Å². The van der Waals surface area contributed by atoms with Crippen molar-refractivity contribution in [3.05, 3.63) is 82.7 Å². The van der Waals surface area contributed by atoms with E-state index in [2.05, 4.69) is 11.9 Å². The molecule has 2 aromatic rings. The van der Waals surface area contributed by atoms with Gasteiger partial charge < -0.3 is 10.4 Å². The number of carbonyl (C=O) groups excluding carboxylic acids is 1. The summed E-state index contributed by atoms with van der Waals surface area (Å²) in [5.41, 5.74) is -1.32. The predicted octanol–water partition coefficient (Wildman–Crippen LogP) is 3.44.